The Kier molecular flexibility index (Phi) is 4.80. The summed E-state index contributed by atoms with van der Waals surface area (Å²) in [6.07, 6.45) is 6.45. The average molecular weight is 352 g/mol. The molecule has 2 aromatic rings. The first-order valence-corrected chi connectivity index (χ1v) is 8.57. The first kappa shape index (κ1) is 16.8. The molecule has 24 heavy (non-hydrogen) atoms. The Morgan fingerprint density at radius 2 is 2.17 bits per heavy atom. The molecule has 130 valence electrons. The van der Waals surface area contributed by atoms with Gasteiger partial charge in [0, 0.05) is 32.8 Å². The summed E-state index contributed by atoms with van der Waals surface area (Å²) in [6, 6.07) is 1.70. The standard InChI is InChI=1S/C16H22ClN5O2/c1-21-14(20-22(2)16(21)24)7-10-5-3-4-6-12(10)19-15(23)13-8-11(17)9-18-13/h8-10,12,18H,3-7H2,1-2H3,(H,19,23)/t10-,12-/m1/s1. The van der Waals surface area contributed by atoms with Crippen LogP contribution in [0.3, 0.4) is 0 Å². The third-order valence-corrected chi connectivity index (χ3v) is 5.00. The fourth-order valence-electron chi connectivity index (χ4n) is 3.41. The number of hydrogen-bond acceptors (Lipinski definition) is 3. The van der Waals surface area contributed by atoms with Crippen LogP contribution in [0.2, 0.25) is 5.02 Å². The van der Waals surface area contributed by atoms with Crippen molar-refractivity contribution in [1.29, 1.82) is 0 Å². The van der Waals surface area contributed by atoms with Crippen LogP contribution in [0.4, 0.5) is 0 Å². The third kappa shape index (κ3) is 3.40. The topological polar surface area (TPSA) is 84.7 Å². The number of H-pyrrole nitrogens is 1. The lowest BCUT2D eigenvalue weighted by atomic mass is 9.82. The normalized spacial score (nSPS) is 21.0. The molecule has 1 aliphatic carbocycles. The highest BCUT2D eigenvalue weighted by Gasteiger charge is 2.29. The number of aromatic nitrogens is 4. The maximum Gasteiger partial charge on any atom is 0.345 e. The maximum atomic E-state index is 12.4. The van der Waals surface area contributed by atoms with E-state index in [0.29, 0.717) is 17.1 Å². The van der Waals surface area contributed by atoms with Crippen LogP contribution in [0.1, 0.15) is 42.0 Å². The highest BCUT2D eigenvalue weighted by atomic mass is 35.5. The van der Waals surface area contributed by atoms with Gasteiger partial charge in [0.1, 0.15) is 11.5 Å². The van der Waals surface area contributed by atoms with E-state index in [9.17, 15) is 9.59 Å². The summed E-state index contributed by atoms with van der Waals surface area (Å²) in [5, 5.41) is 7.94. The molecule has 0 spiro atoms. The number of rotatable bonds is 4. The van der Waals surface area contributed by atoms with Crippen molar-refractivity contribution in [2.75, 3.05) is 0 Å². The van der Waals surface area contributed by atoms with Crippen molar-refractivity contribution in [2.45, 2.75) is 38.1 Å². The Hall–Kier alpha value is -2.02. The van der Waals surface area contributed by atoms with E-state index in [1.165, 1.54) is 4.68 Å². The predicted octanol–water partition coefficient (Wildman–Crippen LogP) is 1.63. The number of carbonyl (C=O) groups excluding carboxylic acids is 1. The first-order chi connectivity index (χ1) is 11.5. The average Bonchev–Trinajstić information content (AvgIpc) is 3.09. The van der Waals surface area contributed by atoms with Gasteiger partial charge in [-0.1, -0.05) is 24.4 Å². The van der Waals surface area contributed by atoms with Crippen LogP contribution in [0, 0.1) is 5.92 Å². The van der Waals surface area contributed by atoms with Crippen molar-refractivity contribution in [3.05, 3.63) is 39.3 Å². The molecule has 2 N–H and O–H groups in total. The number of aryl methyl sites for hydroxylation is 1. The summed E-state index contributed by atoms with van der Waals surface area (Å²) in [5.41, 5.74) is 0.344. The Bertz CT molecular complexity index is 791. The number of carbonyl (C=O) groups is 1. The summed E-state index contributed by atoms with van der Waals surface area (Å²) >= 11 is 5.86. The van der Waals surface area contributed by atoms with Gasteiger partial charge in [0.05, 0.1) is 5.02 Å². The lowest BCUT2D eigenvalue weighted by Crippen LogP contribution is -2.43. The number of halogens is 1. The Morgan fingerprint density at radius 1 is 1.42 bits per heavy atom. The molecule has 0 aliphatic heterocycles. The molecule has 2 atom stereocenters. The molecule has 3 rings (SSSR count). The summed E-state index contributed by atoms with van der Waals surface area (Å²) in [6.45, 7) is 0. The van der Waals surface area contributed by atoms with E-state index in [4.69, 9.17) is 11.6 Å². The summed E-state index contributed by atoms with van der Waals surface area (Å²) < 4.78 is 2.94. The van der Waals surface area contributed by atoms with Crippen LogP contribution in [0.5, 0.6) is 0 Å². The van der Waals surface area contributed by atoms with E-state index in [-0.39, 0.29) is 23.6 Å². The predicted molar refractivity (Wildman–Crippen MR) is 91.2 cm³/mol. The maximum absolute atomic E-state index is 12.4. The van der Waals surface area contributed by atoms with Crippen molar-refractivity contribution < 1.29 is 4.79 Å². The molecule has 8 heteroatoms. The van der Waals surface area contributed by atoms with Gasteiger partial charge in [-0.2, -0.15) is 5.10 Å². The highest BCUT2D eigenvalue weighted by Crippen LogP contribution is 2.27. The van der Waals surface area contributed by atoms with Gasteiger partial charge in [-0.3, -0.25) is 9.36 Å². The van der Waals surface area contributed by atoms with Crippen LogP contribution in [-0.4, -0.2) is 31.3 Å². The van der Waals surface area contributed by atoms with Crippen LogP contribution in [0.25, 0.3) is 0 Å². The third-order valence-electron chi connectivity index (χ3n) is 4.78. The SMILES string of the molecule is Cn1nc(C[C@H]2CCCC[C@H]2NC(=O)c2cc(Cl)c[nH]2)n(C)c1=O. The van der Waals surface area contributed by atoms with E-state index in [2.05, 4.69) is 15.4 Å². The molecule has 1 fully saturated rings. The van der Waals surface area contributed by atoms with Crippen LogP contribution in [0.15, 0.2) is 17.1 Å². The quantitative estimate of drug-likeness (QED) is 0.878. The summed E-state index contributed by atoms with van der Waals surface area (Å²) in [5.74, 6) is 0.888. The van der Waals surface area contributed by atoms with Gasteiger partial charge in [-0.15, -0.1) is 0 Å². The molecule has 0 unspecified atom stereocenters. The Labute approximate surface area is 145 Å². The van der Waals surface area contributed by atoms with Crippen LogP contribution < -0.4 is 11.0 Å². The Morgan fingerprint density at radius 3 is 2.79 bits per heavy atom. The second kappa shape index (κ2) is 6.84. The molecule has 7 nitrogen and oxygen atoms in total. The molecular formula is C16H22ClN5O2. The fourth-order valence-corrected chi connectivity index (χ4v) is 3.57. The van der Waals surface area contributed by atoms with E-state index in [1.54, 1.807) is 30.9 Å². The van der Waals surface area contributed by atoms with Crippen LogP contribution >= 0.6 is 11.6 Å². The number of hydrogen-bond donors (Lipinski definition) is 2. The second-order valence-corrected chi connectivity index (χ2v) is 6.88. The zero-order valence-electron chi connectivity index (χ0n) is 13.9. The van der Waals surface area contributed by atoms with Gasteiger partial charge in [-0.05, 0) is 24.8 Å². The summed E-state index contributed by atoms with van der Waals surface area (Å²) in [7, 11) is 3.39. The van der Waals surface area contributed by atoms with Gasteiger partial charge in [0.2, 0.25) is 0 Å². The van der Waals surface area contributed by atoms with E-state index >= 15 is 0 Å². The monoisotopic (exact) mass is 351 g/mol. The fraction of sp³-hybridized carbons (Fsp3) is 0.562. The molecule has 2 heterocycles. The zero-order chi connectivity index (χ0) is 17.3. The van der Waals surface area contributed by atoms with Crippen molar-refractivity contribution in [3.8, 4) is 0 Å². The molecule has 0 saturated heterocycles. The number of nitrogens with one attached hydrogen (secondary N) is 2. The van der Waals surface area contributed by atoms with Crippen LogP contribution in [-0.2, 0) is 20.5 Å². The van der Waals surface area contributed by atoms with Crippen molar-refractivity contribution in [3.63, 3.8) is 0 Å². The highest BCUT2D eigenvalue weighted by molar-refractivity contribution is 6.30. The molecule has 2 aromatic heterocycles. The van der Waals surface area contributed by atoms with Gasteiger partial charge in [0.15, 0.2) is 0 Å². The zero-order valence-corrected chi connectivity index (χ0v) is 14.6. The van der Waals surface area contributed by atoms with Gasteiger partial charge in [0.25, 0.3) is 5.91 Å². The van der Waals surface area contributed by atoms with E-state index in [0.717, 1.165) is 31.5 Å². The van der Waals surface area contributed by atoms with Crippen molar-refractivity contribution >= 4 is 17.5 Å². The van der Waals surface area contributed by atoms with Crippen molar-refractivity contribution in [2.24, 2.45) is 20.0 Å². The minimum absolute atomic E-state index is 0.0745. The minimum Gasteiger partial charge on any atom is -0.356 e. The first-order valence-electron chi connectivity index (χ1n) is 8.19. The number of nitrogens with zero attached hydrogens (tertiary/aromatic N) is 3. The molecule has 0 aromatic carbocycles. The summed E-state index contributed by atoms with van der Waals surface area (Å²) in [4.78, 5) is 27.1. The number of aromatic amines is 1. The van der Waals surface area contributed by atoms with Crippen molar-refractivity contribution in [1.82, 2.24) is 24.6 Å². The minimum atomic E-state index is -0.145. The molecule has 0 radical (unpaired) electrons. The molecule has 1 saturated carbocycles. The number of amides is 1. The van der Waals surface area contributed by atoms with Gasteiger partial charge in [-0.25, -0.2) is 9.48 Å². The lowest BCUT2D eigenvalue weighted by molar-refractivity contribution is 0.0900. The largest absolute Gasteiger partial charge is 0.356 e. The van der Waals surface area contributed by atoms with E-state index in [1.807, 2.05) is 0 Å². The van der Waals surface area contributed by atoms with Gasteiger partial charge < -0.3 is 10.3 Å². The molecule has 1 aliphatic rings. The van der Waals surface area contributed by atoms with Gasteiger partial charge >= 0.3 is 5.69 Å². The smallest absolute Gasteiger partial charge is 0.345 e. The second-order valence-electron chi connectivity index (χ2n) is 6.44. The lowest BCUT2D eigenvalue weighted by Gasteiger charge is -2.31. The van der Waals surface area contributed by atoms with E-state index < -0.39 is 0 Å². The molecule has 1 amide bonds. The Balaban J connectivity index is 1.72. The molecular weight excluding hydrogens is 330 g/mol. The molecule has 0 bridgehead atoms.